The molecule has 3 atom stereocenters. The van der Waals surface area contributed by atoms with Crippen LogP contribution in [-0.2, 0) is 9.59 Å². The Labute approximate surface area is 119 Å². The van der Waals surface area contributed by atoms with Gasteiger partial charge in [-0.05, 0) is 17.8 Å². The van der Waals surface area contributed by atoms with Crippen molar-refractivity contribution in [3.63, 3.8) is 0 Å². The van der Waals surface area contributed by atoms with Crippen molar-refractivity contribution in [1.29, 1.82) is 0 Å². The van der Waals surface area contributed by atoms with Crippen molar-refractivity contribution in [2.45, 2.75) is 52.6 Å². The van der Waals surface area contributed by atoms with Crippen LogP contribution in [-0.4, -0.2) is 46.9 Å². The molecule has 0 aromatic carbocycles. The SMILES string of the molecule is CC[C@@H]1CCN(C(=O)[C@@H](NC(=O)O)C(C)(C)C)[C@@H]1C=O. The van der Waals surface area contributed by atoms with Gasteiger partial charge in [0.25, 0.3) is 0 Å². The van der Waals surface area contributed by atoms with E-state index in [0.717, 1.165) is 19.1 Å². The smallest absolute Gasteiger partial charge is 0.405 e. The molecule has 1 saturated heterocycles. The van der Waals surface area contributed by atoms with Crippen LogP contribution in [0.2, 0.25) is 0 Å². The molecule has 6 nitrogen and oxygen atoms in total. The number of aldehydes is 1. The summed E-state index contributed by atoms with van der Waals surface area (Å²) in [4.78, 5) is 36.3. The number of carboxylic acid groups (broad SMARTS) is 1. The van der Waals surface area contributed by atoms with Gasteiger partial charge >= 0.3 is 6.09 Å². The van der Waals surface area contributed by atoms with Gasteiger partial charge in [-0.3, -0.25) is 4.79 Å². The molecule has 20 heavy (non-hydrogen) atoms. The number of nitrogens with one attached hydrogen (secondary N) is 1. The van der Waals surface area contributed by atoms with Crippen molar-refractivity contribution >= 4 is 18.3 Å². The highest BCUT2D eigenvalue weighted by atomic mass is 16.4. The van der Waals surface area contributed by atoms with Gasteiger partial charge in [-0.25, -0.2) is 4.79 Å². The van der Waals surface area contributed by atoms with Gasteiger partial charge < -0.3 is 20.1 Å². The third-order valence-corrected chi connectivity index (χ3v) is 3.91. The van der Waals surface area contributed by atoms with E-state index in [0.29, 0.717) is 6.54 Å². The van der Waals surface area contributed by atoms with Gasteiger partial charge in [-0.2, -0.15) is 0 Å². The normalized spacial score (nSPS) is 24.3. The van der Waals surface area contributed by atoms with Crippen molar-refractivity contribution in [2.24, 2.45) is 11.3 Å². The maximum atomic E-state index is 12.6. The van der Waals surface area contributed by atoms with Gasteiger partial charge in [0, 0.05) is 6.54 Å². The molecule has 0 saturated carbocycles. The van der Waals surface area contributed by atoms with Gasteiger partial charge in [0.05, 0.1) is 6.04 Å². The van der Waals surface area contributed by atoms with E-state index in [1.165, 1.54) is 4.90 Å². The fourth-order valence-electron chi connectivity index (χ4n) is 2.70. The lowest BCUT2D eigenvalue weighted by molar-refractivity contribution is -0.139. The van der Waals surface area contributed by atoms with Gasteiger partial charge in [0.15, 0.2) is 0 Å². The van der Waals surface area contributed by atoms with Crippen molar-refractivity contribution < 1.29 is 19.5 Å². The number of carbonyl (C=O) groups excluding carboxylic acids is 2. The summed E-state index contributed by atoms with van der Waals surface area (Å²) >= 11 is 0. The summed E-state index contributed by atoms with van der Waals surface area (Å²) in [6, 6.07) is -1.29. The van der Waals surface area contributed by atoms with Crippen molar-refractivity contribution in [2.75, 3.05) is 6.54 Å². The fraction of sp³-hybridized carbons (Fsp3) is 0.786. The lowest BCUT2D eigenvalue weighted by Crippen LogP contribution is -2.56. The molecule has 0 radical (unpaired) electrons. The van der Waals surface area contributed by atoms with Crippen LogP contribution in [0.3, 0.4) is 0 Å². The Hall–Kier alpha value is -1.59. The van der Waals surface area contributed by atoms with E-state index < -0.39 is 23.6 Å². The first-order chi connectivity index (χ1) is 9.22. The Bertz CT molecular complexity index is 389. The summed E-state index contributed by atoms with van der Waals surface area (Å²) in [5.41, 5.74) is -0.548. The van der Waals surface area contributed by atoms with Crippen LogP contribution in [0.25, 0.3) is 0 Å². The minimum absolute atomic E-state index is 0.168. The fourth-order valence-corrected chi connectivity index (χ4v) is 2.70. The second kappa shape index (κ2) is 6.24. The third kappa shape index (κ3) is 3.49. The van der Waals surface area contributed by atoms with E-state index in [-0.39, 0.29) is 11.8 Å². The average molecular weight is 284 g/mol. The predicted molar refractivity (Wildman–Crippen MR) is 74.4 cm³/mol. The Morgan fingerprint density at radius 1 is 1.45 bits per heavy atom. The molecular weight excluding hydrogens is 260 g/mol. The number of hydrogen-bond acceptors (Lipinski definition) is 3. The molecule has 2 N–H and O–H groups in total. The summed E-state index contributed by atoms with van der Waals surface area (Å²) in [5.74, 6) is -0.144. The summed E-state index contributed by atoms with van der Waals surface area (Å²) < 4.78 is 0. The predicted octanol–water partition coefficient (Wildman–Crippen LogP) is 1.49. The highest BCUT2D eigenvalue weighted by molar-refractivity contribution is 5.88. The van der Waals surface area contributed by atoms with Crippen molar-refractivity contribution in [3.05, 3.63) is 0 Å². The monoisotopic (exact) mass is 284 g/mol. The molecule has 1 aliphatic rings. The minimum atomic E-state index is -1.23. The maximum Gasteiger partial charge on any atom is 0.405 e. The lowest BCUT2D eigenvalue weighted by atomic mass is 9.85. The van der Waals surface area contributed by atoms with E-state index in [1.807, 2.05) is 6.92 Å². The molecule has 0 bridgehead atoms. The van der Waals surface area contributed by atoms with Crippen LogP contribution in [0, 0.1) is 11.3 Å². The minimum Gasteiger partial charge on any atom is -0.465 e. The highest BCUT2D eigenvalue weighted by Crippen LogP contribution is 2.29. The Morgan fingerprint density at radius 3 is 2.45 bits per heavy atom. The molecule has 1 fully saturated rings. The number of likely N-dealkylation sites (tertiary alicyclic amines) is 1. The van der Waals surface area contributed by atoms with Crippen LogP contribution in [0.5, 0.6) is 0 Å². The second-order valence-corrected chi connectivity index (χ2v) is 6.36. The summed E-state index contributed by atoms with van der Waals surface area (Å²) in [6.45, 7) is 7.90. The first-order valence-electron chi connectivity index (χ1n) is 6.97. The second-order valence-electron chi connectivity index (χ2n) is 6.36. The van der Waals surface area contributed by atoms with Crippen LogP contribution < -0.4 is 5.32 Å². The van der Waals surface area contributed by atoms with Crippen LogP contribution in [0.15, 0.2) is 0 Å². The molecule has 0 unspecified atom stereocenters. The van der Waals surface area contributed by atoms with E-state index >= 15 is 0 Å². The molecule has 0 aromatic heterocycles. The first-order valence-corrected chi connectivity index (χ1v) is 6.97. The average Bonchev–Trinajstić information content (AvgIpc) is 2.76. The number of hydrogen-bond donors (Lipinski definition) is 2. The van der Waals surface area contributed by atoms with Gasteiger partial charge in [0.2, 0.25) is 5.91 Å². The number of carbonyl (C=O) groups is 3. The molecule has 1 heterocycles. The standard InChI is InChI=1S/C14H24N2O4/c1-5-9-6-7-16(10(9)8-17)12(18)11(14(2,3)4)15-13(19)20/h8-11,15H,5-7H2,1-4H3,(H,19,20)/t9-,10-,11-/m1/s1. The molecule has 2 amide bonds. The van der Waals surface area contributed by atoms with Gasteiger partial charge in [0.1, 0.15) is 12.3 Å². The molecule has 1 aliphatic heterocycles. The largest absolute Gasteiger partial charge is 0.465 e. The zero-order valence-corrected chi connectivity index (χ0v) is 12.5. The zero-order chi connectivity index (χ0) is 15.5. The summed E-state index contributed by atoms with van der Waals surface area (Å²) in [6.07, 6.45) is 1.20. The zero-order valence-electron chi connectivity index (χ0n) is 12.5. The van der Waals surface area contributed by atoms with E-state index in [1.54, 1.807) is 20.8 Å². The summed E-state index contributed by atoms with van der Waals surface area (Å²) in [5, 5.41) is 11.2. The molecule has 1 rings (SSSR count). The third-order valence-electron chi connectivity index (χ3n) is 3.91. The van der Waals surface area contributed by atoms with Crippen molar-refractivity contribution in [1.82, 2.24) is 10.2 Å². The van der Waals surface area contributed by atoms with Crippen molar-refractivity contribution in [3.8, 4) is 0 Å². The van der Waals surface area contributed by atoms with Gasteiger partial charge in [-0.1, -0.05) is 34.1 Å². The maximum absolute atomic E-state index is 12.6. The van der Waals surface area contributed by atoms with Crippen LogP contribution >= 0.6 is 0 Å². The molecule has 0 aromatic rings. The van der Waals surface area contributed by atoms with E-state index in [4.69, 9.17) is 5.11 Å². The van der Waals surface area contributed by atoms with Crippen LogP contribution in [0.4, 0.5) is 4.79 Å². The molecule has 6 heteroatoms. The number of nitrogens with zero attached hydrogens (tertiary/aromatic N) is 1. The molecule has 0 aliphatic carbocycles. The molecule has 114 valence electrons. The summed E-state index contributed by atoms with van der Waals surface area (Å²) in [7, 11) is 0. The quantitative estimate of drug-likeness (QED) is 0.766. The Balaban J connectivity index is 2.95. The first kappa shape index (κ1) is 16.5. The Kier molecular flexibility index (Phi) is 5.14. The number of amides is 2. The molecule has 0 spiro atoms. The number of rotatable bonds is 4. The molecular formula is C14H24N2O4. The topological polar surface area (TPSA) is 86.7 Å². The van der Waals surface area contributed by atoms with Crippen LogP contribution in [0.1, 0.15) is 40.5 Å². The van der Waals surface area contributed by atoms with E-state index in [2.05, 4.69) is 5.32 Å². The Morgan fingerprint density at radius 2 is 2.05 bits per heavy atom. The highest BCUT2D eigenvalue weighted by Gasteiger charge is 2.42. The van der Waals surface area contributed by atoms with Gasteiger partial charge in [-0.15, -0.1) is 0 Å². The lowest BCUT2D eigenvalue weighted by Gasteiger charge is -2.34. The van der Waals surface area contributed by atoms with E-state index in [9.17, 15) is 14.4 Å².